The fourth-order valence-corrected chi connectivity index (χ4v) is 1.16. The van der Waals surface area contributed by atoms with Crippen LogP contribution in [-0.4, -0.2) is 26.5 Å². The molecule has 0 atom stereocenters. The normalized spacial score (nSPS) is 10.1. The molecule has 1 heterocycles. The highest BCUT2D eigenvalue weighted by Crippen LogP contribution is 2.12. The Kier molecular flexibility index (Phi) is 2.86. The number of rotatable bonds is 3. The van der Waals surface area contributed by atoms with E-state index < -0.39 is 11.7 Å². The lowest BCUT2D eigenvalue weighted by Gasteiger charge is -2.03. The van der Waals surface area contributed by atoms with E-state index >= 15 is 0 Å². The Balaban J connectivity index is 2.00. The number of tetrazole rings is 1. The number of hydrogen-bond acceptors (Lipinski definition) is 4. The van der Waals surface area contributed by atoms with Crippen LogP contribution >= 0.6 is 0 Å². The molecule has 82 valence electrons. The Hall–Kier alpha value is -2.31. The number of benzene rings is 1. The Labute approximate surface area is 89.9 Å². The van der Waals surface area contributed by atoms with Crippen LogP contribution in [0.25, 0.3) is 0 Å². The van der Waals surface area contributed by atoms with Gasteiger partial charge in [0.05, 0.1) is 12.1 Å². The van der Waals surface area contributed by atoms with E-state index in [2.05, 4.69) is 25.9 Å². The fraction of sp³-hybridized carbons (Fsp3) is 0.111. The van der Waals surface area contributed by atoms with Gasteiger partial charge in [0.1, 0.15) is 5.82 Å². The molecule has 2 N–H and O–H groups in total. The second kappa shape index (κ2) is 4.47. The molecular formula is C9H8FN5O. The zero-order valence-electron chi connectivity index (χ0n) is 8.14. The van der Waals surface area contributed by atoms with Crippen LogP contribution in [0.4, 0.5) is 10.1 Å². The Bertz CT molecular complexity index is 484. The van der Waals surface area contributed by atoms with Crippen molar-refractivity contribution in [2.45, 2.75) is 6.42 Å². The van der Waals surface area contributed by atoms with Gasteiger partial charge in [-0.15, -0.1) is 10.2 Å². The number of nitrogens with one attached hydrogen (secondary N) is 2. The first-order valence-electron chi connectivity index (χ1n) is 4.52. The number of carbonyl (C=O) groups excluding carboxylic acids is 1. The van der Waals surface area contributed by atoms with E-state index in [1.807, 2.05) is 0 Å². The standard InChI is InChI=1S/C9H8FN5O/c10-6-3-1-2-4-7(6)11-9(16)5-8-12-14-15-13-8/h1-4H,5H2,(H,11,16)(H,12,13,14,15). The molecule has 0 fully saturated rings. The Morgan fingerprint density at radius 3 is 2.94 bits per heavy atom. The molecule has 16 heavy (non-hydrogen) atoms. The summed E-state index contributed by atoms with van der Waals surface area (Å²) in [6.45, 7) is 0. The van der Waals surface area contributed by atoms with E-state index in [1.165, 1.54) is 12.1 Å². The number of aromatic amines is 1. The van der Waals surface area contributed by atoms with Crippen LogP contribution in [0.1, 0.15) is 5.82 Å². The first-order chi connectivity index (χ1) is 7.75. The second-order valence-electron chi connectivity index (χ2n) is 3.03. The number of amides is 1. The molecule has 6 nitrogen and oxygen atoms in total. The van der Waals surface area contributed by atoms with Crippen molar-refractivity contribution in [3.63, 3.8) is 0 Å². The fourth-order valence-electron chi connectivity index (χ4n) is 1.16. The quantitative estimate of drug-likeness (QED) is 0.791. The summed E-state index contributed by atoms with van der Waals surface area (Å²) in [4.78, 5) is 11.4. The lowest BCUT2D eigenvalue weighted by Crippen LogP contribution is -2.16. The minimum atomic E-state index is -0.482. The average Bonchev–Trinajstić information content (AvgIpc) is 2.74. The summed E-state index contributed by atoms with van der Waals surface area (Å²) >= 11 is 0. The third-order valence-electron chi connectivity index (χ3n) is 1.86. The third-order valence-corrected chi connectivity index (χ3v) is 1.86. The number of aromatic nitrogens is 4. The molecule has 2 aromatic rings. The molecule has 7 heteroatoms. The maximum absolute atomic E-state index is 13.2. The predicted octanol–water partition coefficient (Wildman–Crippen LogP) is 0.520. The van der Waals surface area contributed by atoms with Crippen LogP contribution in [0.15, 0.2) is 24.3 Å². The molecule has 0 aliphatic carbocycles. The number of anilines is 1. The van der Waals surface area contributed by atoms with Gasteiger partial charge in [0.25, 0.3) is 0 Å². The van der Waals surface area contributed by atoms with E-state index in [0.717, 1.165) is 0 Å². The SMILES string of the molecule is O=C(Cc1nn[nH]n1)Nc1ccccc1F. The van der Waals surface area contributed by atoms with Crippen molar-refractivity contribution in [2.24, 2.45) is 0 Å². The monoisotopic (exact) mass is 221 g/mol. The minimum absolute atomic E-state index is 0.0508. The number of para-hydroxylation sites is 1. The van der Waals surface area contributed by atoms with Crippen molar-refractivity contribution in [2.75, 3.05) is 5.32 Å². The van der Waals surface area contributed by atoms with Gasteiger partial charge in [-0.1, -0.05) is 17.3 Å². The van der Waals surface area contributed by atoms with Gasteiger partial charge in [0, 0.05) is 0 Å². The number of carbonyl (C=O) groups is 1. The number of hydrogen-bond donors (Lipinski definition) is 2. The van der Waals surface area contributed by atoms with Gasteiger partial charge in [-0.3, -0.25) is 4.79 Å². The van der Waals surface area contributed by atoms with E-state index in [4.69, 9.17) is 0 Å². The van der Waals surface area contributed by atoms with Crippen molar-refractivity contribution in [3.8, 4) is 0 Å². The van der Waals surface area contributed by atoms with E-state index in [0.29, 0.717) is 0 Å². The zero-order chi connectivity index (χ0) is 11.4. The van der Waals surface area contributed by atoms with Crippen LogP contribution in [0, 0.1) is 5.82 Å². The van der Waals surface area contributed by atoms with Gasteiger partial charge in [-0.25, -0.2) is 4.39 Å². The molecule has 0 bridgehead atoms. The molecule has 0 aliphatic rings. The van der Waals surface area contributed by atoms with Crippen LogP contribution in [-0.2, 0) is 11.2 Å². The topological polar surface area (TPSA) is 83.6 Å². The Morgan fingerprint density at radius 2 is 2.25 bits per heavy atom. The van der Waals surface area contributed by atoms with Crippen LogP contribution in [0.2, 0.25) is 0 Å². The van der Waals surface area contributed by atoms with E-state index in [9.17, 15) is 9.18 Å². The molecule has 1 amide bonds. The van der Waals surface area contributed by atoms with Crippen molar-refractivity contribution in [1.29, 1.82) is 0 Å². The molecule has 0 unspecified atom stereocenters. The zero-order valence-corrected chi connectivity index (χ0v) is 8.14. The summed E-state index contributed by atoms with van der Waals surface area (Å²) in [5.74, 6) is -0.621. The van der Waals surface area contributed by atoms with Crippen molar-refractivity contribution in [1.82, 2.24) is 20.6 Å². The smallest absolute Gasteiger partial charge is 0.232 e. The van der Waals surface area contributed by atoms with Crippen molar-refractivity contribution >= 4 is 11.6 Å². The lowest BCUT2D eigenvalue weighted by molar-refractivity contribution is -0.115. The molecule has 2 rings (SSSR count). The number of H-pyrrole nitrogens is 1. The van der Waals surface area contributed by atoms with Gasteiger partial charge < -0.3 is 5.32 Å². The first kappa shape index (κ1) is 10.2. The number of halogens is 1. The molecule has 0 saturated carbocycles. The summed E-state index contributed by atoms with van der Waals surface area (Å²) in [5.41, 5.74) is 0.135. The van der Waals surface area contributed by atoms with Gasteiger partial charge in [0.15, 0.2) is 5.82 Å². The van der Waals surface area contributed by atoms with Gasteiger partial charge in [-0.05, 0) is 12.1 Å². The van der Waals surface area contributed by atoms with Gasteiger partial charge >= 0.3 is 0 Å². The summed E-state index contributed by atoms with van der Waals surface area (Å²) in [5, 5.41) is 15.2. The molecule has 0 saturated heterocycles. The molecule has 0 spiro atoms. The molecular weight excluding hydrogens is 213 g/mol. The van der Waals surface area contributed by atoms with E-state index in [-0.39, 0.29) is 17.9 Å². The highest BCUT2D eigenvalue weighted by Gasteiger charge is 2.09. The molecule has 1 aromatic carbocycles. The van der Waals surface area contributed by atoms with Gasteiger partial charge in [-0.2, -0.15) is 5.21 Å². The van der Waals surface area contributed by atoms with Crippen molar-refractivity contribution in [3.05, 3.63) is 35.9 Å². The molecule has 0 aliphatic heterocycles. The maximum atomic E-state index is 13.2. The largest absolute Gasteiger partial charge is 0.323 e. The van der Waals surface area contributed by atoms with Crippen LogP contribution < -0.4 is 5.32 Å². The third kappa shape index (κ3) is 2.38. The molecule has 1 aromatic heterocycles. The maximum Gasteiger partial charge on any atom is 0.232 e. The summed E-state index contributed by atoms with van der Waals surface area (Å²) in [6, 6.07) is 5.92. The second-order valence-corrected chi connectivity index (χ2v) is 3.03. The first-order valence-corrected chi connectivity index (χ1v) is 4.52. The van der Waals surface area contributed by atoms with Crippen LogP contribution in [0.5, 0.6) is 0 Å². The highest BCUT2D eigenvalue weighted by molar-refractivity contribution is 5.91. The highest BCUT2D eigenvalue weighted by atomic mass is 19.1. The van der Waals surface area contributed by atoms with Crippen LogP contribution in [0.3, 0.4) is 0 Å². The molecule has 0 radical (unpaired) electrons. The summed E-state index contributed by atoms with van der Waals surface area (Å²) in [6.07, 6.45) is -0.0508. The van der Waals surface area contributed by atoms with E-state index in [1.54, 1.807) is 12.1 Å². The average molecular weight is 221 g/mol. The lowest BCUT2D eigenvalue weighted by atomic mass is 10.3. The number of nitrogens with zero attached hydrogens (tertiary/aromatic N) is 3. The Morgan fingerprint density at radius 1 is 1.44 bits per heavy atom. The van der Waals surface area contributed by atoms with Gasteiger partial charge in [0.2, 0.25) is 5.91 Å². The predicted molar refractivity (Wildman–Crippen MR) is 52.9 cm³/mol. The summed E-state index contributed by atoms with van der Waals surface area (Å²) < 4.78 is 13.2. The summed E-state index contributed by atoms with van der Waals surface area (Å²) in [7, 11) is 0. The minimum Gasteiger partial charge on any atom is -0.323 e. The van der Waals surface area contributed by atoms with Crippen molar-refractivity contribution < 1.29 is 9.18 Å².